The lowest BCUT2D eigenvalue weighted by Crippen LogP contribution is -2.24. The first kappa shape index (κ1) is 13.4. The summed E-state index contributed by atoms with van der Waals surface area (Å²) in [5.74, 6) is 0.121. The van der Waals surface area contributed by atoms with Crippen LogP contribution in [0.5, 0.6) is 0 Å². The lowest BCUT2D eigenvalue weighted by atomic mass is 10.1. The van der Waals surface area contributed by atoms with Crippen molar-refractivity contribution < 1.29 is 4.79 Å². The van der Waals surface area contributed by atoms with Gasteiger partial charge in [0.1, 0.15) is 0 Å². The second-order valence-electron chi connectivity index (χ2n) is 4.53. The Morgan fingerprint density at radius 2 is 2.12 bits per heavy atom. The van der Waals surface area contributed by atoms with Crippen LogP contribution >= 0.6 is 0 Å². The molecule has 0 spiro atoms. The number of anilines is 2. The number of hydrogen-bond donors (Lipinski definition) is 2. The average molecular weight is 235 g/mol. The van der Waals surface area contributed by atoms with Crippen LogP contribution in [0.15, 0.2) is 18.2 Å². The first-order chi connectivity index (χ1) is 7.95. The first-order valence-corrected chi connectivity index (χ1v) is 5.86. The summed E-state index contributed by atoms with van der Waals surface area (Å²) in [5, 5.41) is 0. The van der Waals surface area contributed by atoms with Crippen molar-refractivity contribution in [3.05, 3.63) is 23.8 Å². The molecule has 0 fully saturated rings. The highest BCUT2D eigenvalue weighted by Gasteiger charge is 2.10. The number of rotatable bonds is 5. The predicted octanol–water partition coefficient (Wildman–Crippen LogP) is 1.85. The fourth-order valence-corrected chi connectivity index (χ4v) is 1.70. The van der Waals surface area contributed by atoms with E-state index in [4.69, 9.17) is 11.5 Å². The Morgan fingerprint density at radius 3 is 2.65 bits per heavy atom. The van der Waals surface area contributed by atoms with Crippen LogP contribution in [0.4, 0.5) is 11.4 Å². The van der Waals surface area contributed by atoms with Gasteiger partial charge < -0.3 is 16.4 Å². The summed E-state index contributed by atoms with van der Waals surface area (Å²) in [7, 11) is 2.00. The van der Waals surface area contributed by atoms with Crippen LogP contribution in [0.25, 0.3) is 0 Å². The van der Waals surface area contributed by atoms with Gasteiger partial charge in [-0.25, -0.2) is 0 Å². The van der Waals surface area contributed by atoms with Gasteiger partial charge in [0, 0.05) is 25.0 Å². The molecule has 0 aliphatic rings. The highest BCUT2D eigenvalue weighted by molar-refractivity contribution is 5.99. The summed E-state index contributed by atoms with van der Waals surface area (Å²) in [6.45, 7) is 5.30. The molecule has 1 unspecified atom stereocenters. The Bertz CT molecular complexity index is 404. The van der Waals surface area contributed by atoms with Crippen molar-refractivity contribution in [2.45, 2.75) is 20.3 Å². The number of nitrogen functional groups attached to an aromatic ring is 1. The van der Waals surface area contributed by atoms with Gasteiger partial charge in [-0.1, -0.05) is 20.3 Å². The zero-order valence-corrected chi connectivity index (χ0v) is 10.7. The van der Waals surface area contributed by atoms with E-state index < -0.39 is 5.91 Å². The number of carbonyl (C=O) groups is 1. The topological polar surface area (TPSA) is 72.3 Å². The van der Waals surface area contributed by atoms with E-state index in [2.05, 4.69) is 18.7 Å². The Labute approximate surface area is 103 Å². The largest absolute Gasteiger partial charge is 0.398 e. The van der Waals surface area contributed by atoms with Crippen molar-refractivity contribution in [2.75, 3.05) is 24.2 Å². The quantitative estimate of drug-likeness (QED) is 0.765. The molecule has 1 aromatic carbocycles. The third-order valence-electron chi connectivity index (χ3n) is 3.03. The number of primary amides is 1. The van der Waals surface area contributed by atoms with E-state index in [0.29, 0.717) is 17.2 Å². The molecule has 4 nitrogen and oxygen atoms in total. The fourth-order valence-electron chi connectivity index (χ4n) is 1.70. The van der Waals surface area contributed by atoms with Crippen LogP contribution in [0, 0.1) is 5.92 Å². The van der Waals surface area contributed by atoms with Gasteiger partial charge in [0.15, 0.2) is 0 Å². The number of benzene rings is 1. The molecule has 1 rings (SSSR count). The van der Waals surface area contributed by atoms with E-state index in [1.165, 1.54) is 0 Å². The van der Waals surface area contributed by atoms with Crippen LogP contribution < -0.4 is 16.4 Å². The van der Waals surface area contributed by atoms with Gasteiger partial charge in [-0.2, -0.15) is 0 Å². The molecule has 0 heterocycles. The summed E-state index contributed by atoms with van der Waals surface area (Å²) >= 11 is 0. The number of nitrogens with two attached hydrogens (primary N) is 2. The Morgan fingerprint density at radius 1 is 1.47 bits per heavy atom. The molecule has 1 aromatic rings. The molecule has 17 heavy (non-hydrogen) atoms. The molecule has 0 radical (unpaired) electrons. The second kappa shape index (κ2) is 5.57. The van der Waals surface area contributed by atoms with Gasteiger partial charge in [-0.05, 0) is 24.1 Å². The molecule has 4 heteroatoms. The number of amides is 1. The molecule has 1 atom stereocenters. The van der Waals surface area contributed by atoms with Gasteiger partial charge in [-0.15, -0.1) is 0 Å². The molecule has 0 bridgehead atoms. The molecule has 1 amide bonds. The van der Waals surface area contributed by atoms with Crippen molar-refractivity contribution >= 4 is 17.3 Å². The maximum atomic E-state index is 11.2. The van der Waals surface area contributed by atoms with E-state index in [1.54, 1.807) is 12.1 Å². The first-order valence-electron chi connectivity index (χ1n) is 5.86. The third-order valence-corrected chi connectivity index (χ3v) is 3.03. The smallest absolute Gasteiger partial charge is 0.250 e. The number of nitrogens with zero attached hydrogens (tertiary/aromatic N) is 1. The van der Waals surface area contributed by atoms with Crippen LogP contribution in [0.1, 0.15) is 30.6 Å². The average Bonchev–Trinajstić information content (AvgIpc) is 2.28. The summed E-state index contributed by atoms with van der Waals surface area (Å²) in [4.78, 5) is 13.3. The maximum absolute atomic E-state index is 11.2. The van der Waals surface area contributed by atoms with Crippen LogP contribution in [-0.2, 0) is 0 Å². The zero-order valence-electron chi connectivity index (χ0n) is 10.7. The monoisotopic (exact) mass is 235 g/mol. The highest BCUT2D eigenvalue weighted by atomic mass is 16.1. The highest BCUT2D eigenvalue weighted by Crippen LogP contribution is 2.21. The second-order valence-corrected chi connectivity index (χ2v) is 4.53. The fraction of sp³-hybridized carbons (Fsp3) is 0.462. The lowest BCUT2D eigenvalue weighted by Gasteiger charge is -2.23. The Balaban J connectivity index is 2.91. The van der Waals surface area contributed by atoms with Crippen molar-refractivity contribution in [3.63, 3.8) is 0 Å². The van der Waals surface area contributed by atoms with Crippen molar-refractivity contribution in [1.29, 1.82) is 0 Å². The van der Waals surface area contributed by atoms with Gasteiger partial charge in [0.05, 0.1) is 5.56 Å². The number of hydrogen-bond acceptors (Lipinski definition) is 3. The van der Waals surface area contributed by atoms with Crippen LogP contribution in [0.2, 0.25) is 0 Å². The summed E-state index contributed by atoms with van der Waals surface area (Å²) in [6.07, 6.45) is 1.13. The lowest BCUT2D eigenvalue weighted by molar-refractivity contribution is 0.100. The van der Waals surface area contributed by atoms with E-state index in [-0.39, 0.29) is 0 Å². The van der Waals surface area contributed by atoms with Gasteiger partial charge in [0.2, 0.25) is 0 Å². The minimum Gasteiger partial charge on any atom is -0.398 e. The predicted molar refractivity (Wildman–Crippen MR) is 72.1 cm³/mol. The summed E-state index contributed by atoms with van der Waals surface area (Å²) in [5.41, 5.74) is 12.8. The SMILES string of the molecule is CCC(C)CN(C)c1ccc(N)c(C(N)=O)c1. The molecule has 0 saturated carbocycles. The van der Waals surface area contributed by atoms with E-state index in [1.807, 2.05) is 13.1 Å². The maximum Gasteiger partial charge on any atom is 0.250 e. The van der Waals surface area contributed by atoms with Crippen LogP contribution in [0.3, 0.4) is 0 Å². The molecule has 0 aliphatic carbocycles. The van der Waals surface area contributed by atoms with E-state index in [0.717, 1.165) is 18.7 Å². The minimum atomic E-state index is -0.485. The third kappa shape index (κ3) is 3.37. The van der Waals surface area contributed by atoms with Crippen LogP contribution in [-0.4, -0.2) is 19.5 Å². The molecular weight excluding hydrogens is 214 g/mol. The minimum absolute atomic E-state index is 0.388. The number of carbonyl (C=O) groups excluding carboxylic acids is 1. The molecule has 0 saturated heterocycles. The standard InChI is InChI=1S/C13H21N3O/c1-4-9(2)8-16(3)10-5-6-12(14)11(7-10)13(15)17/h5-7,9H,4,8,14H2,1-3H3,(H2,15,17). The zero-order chi connectivity index (χ0) is 13.0. The Hall–Kier alpha value is -1.71. The molecule has 0 aliphatic heterocycles. The molecular formula is C13H21N3O. The van der Waals surface area contributed by atoms with E-state index >= 15 is 0 Å². The summed E-state index contributed by atoms with van der Waals surface area (Å²) < 4.78 is 0. The Kier molecular flexibility index (Phi) is 4.37. The molecule has 0 aromatic heterocycles. The van der Waals surface area contributed by atoms with Crippen molar-refractivity contribution in [2.24, 2.45) is 11.7 Å². The van der Waals surface area contributed by atoms with Gasteiger partial charge >= 0.3 is 0 Å². The van der Waals surface area contributed by atoms with Gasteiger partial charge in [-0.3, -0.25) is 4.79 Å². The normalized spacial score (nSPS) is 12.2. The molecule has 4 N–H and O–H groups in total. The van der Waals surface area contributed by atoms with Gasteiger partial charge in [0.25, 0.3) is 5.91 Å². The molecule has 94 valence electrons. The summed E-state index contributed by atoms with van der Waals surface area (Å²) in [6, 6.07) is 5.38. The van der Waals surface area contributed by atoms with Crippen molar-refractivity contribution in [1.82, 2.24) is 0 Å². The van der Waals surface area contributed by atoms with E-state index in [9.17, 15) is 4.79 Å². The van der Waals surface area contributed by atoms with Crippen molar-refractivity contribution in [3.8, 4) is 0 Å².